The van der Waals surface area contributed by atoms with Crippen molar-refractivity contribution in [3.05, 3.63) is 17.5 Å². The number of carbonyl (C=O) groups excluding carboxylic acids is 1. The number of nitrogens with one attached hydrogen (secondary N) is 1. The fourth-order valence-electron chi connectivity index (χ4n) is 1.87. The summed E-state index contributed by atoms with van der Waals surface area (Å²) in [5, 5.41) is 14.9. The highest BCUT2D eigenvalue weighted by molar-refractivity contribution is 5.75. The summed E-state index contributed by atoms with van der Waals surface area (Å²) in [6.45, 7) is 5.86. The third-order valence-corrected chi connectivity index (χ3v) is 2.99. The first-order valence-corrected chi connectivity index (χ1v) is 7.04. The van der Waals surface area contributed by atoms with Gasteiger partial charge in [-0.1, -0.05) is 20.8 Å². The van der Waals surface area contributed by atoms with Gasteiger partial charge in [-0.05, 0) is 18.3 Å². The zero-order chi connectivity index (χ0) is 17.0. The molecule has 0 saturated carbocycles. The van der Waals surface area contributed by atoms with Crippen molar-refractivity contribution >= 4 is 5.91 Å². The van der Waals surface area contributed by atoms with Gasteiger partial charge < -0.3 is 10.4 Å². The van der Waals surface area contributed by atoms with Crippen LogP contribution in [0.1, 0.15) is 38.4 Å². The Morgan fingerprint density at radius 2 is 2.00 bits per heavy atom. The van der Waals surface area contributed by atoms with Gasteiger partial charge in [0.05, 0.1) is 0 Å². The molecule has 8 heteroatoms. The Morgan fingerprint density at radius 3 is 2.50 bits per heavy atom. The average molecular weight is 321 g/mol. The standard InChI is InChI=1S/C14H22F3N3O2/c1-13(2,3)5-6-18-11(22)9-20-8-10(4-7-21)12(19-20)14(15,16)17/h8,21H,4-7,9H2,1-3H3,(H,18,22). The summed E-state index contributed by atoms with van der Waals surface area (Å²) in [7, 11) is 0. The van der Waals surface area contributed by atoms with Crippen molar-refractivity contribution in [1.82, 2.24) is 15.1 Å². The molecule has 0 unspecified atom stereocenters. The number of alkyl halides is 3. The summed E-state index contributed by atoms with van der Waals surface area (Å²) in [5.41, 5.74) is -1.10. The Morgan fingerprint density at radius 1 is 1.36 bits per heavy atom. The Bertz CT molecular complexity index is 504. The third-order valence-electron chi connectivity index (χ3n) is 2.99. The molecule has 0 radical (unpaired) electrons. The van der Waals surface area contributed by atoms with E-state index in [2.05, 4.69) is 10.4 Å². The third kappa shape index (κ3) is 6.05. The SMILES string of the molecule is CC(C)(C)CCNC(=O)Cn1cc(CCO)c(C(F)(F)F)n1. The number of hydrogen-bond acceptors (Lipinski definition) is 3. The maximum absolute atomic E-state index is 12.8. The van der Waals surface area contributed by atoms with Gasteiger partial charge in [-0.2, -0.15) is 18.3 Å². The van der Waals surface area contributed by atoms with E-state index in [1.54, 1.807) is 0 Å². The van der Waals surface area contributed by atoms with Crippen molar-refractivity contribution < 1.29 is 23.1 Å². The minimum absolute atomic E-state index is 0.0662. The molecule has 0 aliphatic rings. The van der Waals surface area contributed by atoms with Gasteiger partial charge in [0.25, 0.3) is 0 Å². The number of aromatic nitrogens is 2. The minimum atomic E-state index is -4.60. The lowest BCUT2D eigenvalue weighted by atomic mass is 9.92. The second kappa shape index (κ2) is 7.13. The molecule has 0 bridgehead atoms. The van der Waals surface area contributed by atoms with E-state index in [0.717, 1.165) is 17.3 Å². The van der Waals surface area contributed by atoms with Gasteiger partial charge in [0.1, 0.15) is 6.54 Å². The maximum Gasteiger partial charge on any atom is 0.435 e. The van der Waals surface area contributed by atoms with Crippen LogP contribution in [-0.4, -0.2) is 33.9 Å². The van der Waals surface area contributed by atoms with Crippen LogP contribution in [0.3, 0.4) is 0 Å². The van der Waals surface area contributed by atoms with Gasteiger partial charge >= 0.3 is 6.18 Å². The number of rotatable bonds is 6. The summed E-state index contributed by atoms with van der Waals surface area (Å²) >= 11 is 0. The molecule has 0 atom stereocenters. The van der Waals surface area contributed by atoms with Crippen LogP contribution in [0.2, 0.25) is 0 Å². The predicted molar refractivity (Wildman–Crippen MR) is 75.1 cm³/mol. The first kappa shape index (κ1) is 18.5. The molecule has 0 spiro atoms. The normalized spacial score (nSPS) is 12.5. The zero-order valence-electron chi connectivity index (χ0n) is 13.0. The molecule has 1 rings (SSSR count). The van der Waals surface area contributed by atoms with E-state index in [1.807, 2.05) is 20.8 Å². The fourth-order valence-corrected chi connectivity index (χ4v) is 1.87. The van der Waals surface area contributed by atoms with Crippen LogP contribution in [0, 0.1) is 5.41 Å². The molecule has 126 valence electrons. The van der Waals surface area contributed by atoms with Crippen molar-refractivity contribution in [2.45, 2.75) is 46.3 Å². The fraction of sp³-hybridized carbons (Fsp3) is 0.714. The molecule has 0 fully saturated rings. The van der Waals surface area contributed by atoms with E-state index in [-0.39, 0.29) is 23.9 Å². The number of amides is 1. The molecule has 1 aromatic heterocycles. The van der Waals surface area contributed by atoms with Gasteiger partial charge in [0.2, 0.25) is 5.91 Å². The predicted octanol–water partition coefficient (Wildman–Crippen LogP) is 1.99. The maximum atomic E-state index is 12.8. The molecule has 0 saturated heterocycles. The molecule has 0 aromatic carbocycles. The smallest absolute Gasteiger partial charge is 0.396 e. The second-order valence-corrected chi connectivity index (χ2v) is 6.33. The topological polar surface area (TPSA) is 67.2 Å². The molecule has 0 aliphatic heterocycles. The van der Waals surface area contributed by atoms with Crippen molar-refractivity contribution in [2.24, 2.45) is 5.41 Å². The van der Waals surface area contributed by atoms with E-state index >= 15 is 0 Å². The molecule has 1 aromatic rings. The lowest BCUT2D eigenvalue weighted by Gasteiger charge is -2.17. The summed E-state index contributed by atoms with van der Waals surface area (Å²) in [6.07, 6.45) is -2.83. The number of aliphatic hydroxyl groups is 1. The van der Waals surface area contributed by atoms with Crippen LogP contribution >= 0.6 is 0 Å². The van der Waals surface area contributed by atoms with Crippen LogP contribution in [0.4, 0.5) is 13.2 Å². The Labute approximate surface area is 127 Å². The number of hydrogen-bond donors (Lipinski definition) is 2. The van der Waals surface area contributed by atoms with Crippen molar-refractivity contribution in [3.8, 4) is 0 Å². The number of carbonyl (C=O) groups is 1. The van der Waals surface area contributed by atoms with Crippen molar-refractivity contribution in [3.63, 3.8) is 0 Å². The van der Waals surface area contributed by atoms with Gasteiger partial charge in [-0.15, -0.1) is 0 Å². The molecule has 2 N–H and O–H groups in total. The first-order chi connectivity index (χ1) is 10.0. The van der Waals surface area contributed by atoms with Crippen LogP contribution in [0.5, 0.6) is 0 Å². The van der Waals surface area contributed by atoms with E-state index < -0.39 is 24.4 Å². The number of halogens is 3. The highest BCUT2D eigenvalue weighted by Crippen LogP contribution is 2.30. The Kier molecular flexibility index (Phi) is 5.99. The highest BCUT2D eigenvalue weighted by atomic mass is 19.4. The number of aliphatic hydroxyl groups excluding tert-OH is 1. The van der Waals surface area contributed by atoms with E-state index in [0.29, 0.717) is 6.54 Å². The van der Waals surface area contributed by atoms with Crippen LogP contribution < -0.4 is 5.32 Å². The summed E-state index contributed by atoms with van der Waals surface area (Å²) in [5.74, 6) is -0.393. The molecule has 22 heavy (non-hydrogen) atoms. The van der Waals surface area contributed by atoms with E-state index in [4.69, 9.17) is 5.11 Å². The van der Waals surface area contributed by atoms with Gasteiger partial charge in [0.15, 0.2) is 5.69 Å². The van der Waals surface area contributed by atoms with Gasteiger partial charge in [-0.25, -0.2) is 0 Å². The quantitative estimate of drug-likeness (QED) is 0.842. The minimum Gasteiger partial charge on any atom is -0.396 e. The molecule has 1 amide bonds. The lowest BCUT2D eigenvalue weighted by Crippen LogP contribution is -2.30. The molecule has 5 nitrogen and oxygen atoms in total. The monoisotopic (exact) mass is 321 g/mol. The second-order valence-electron chi connectivity index (χ2n) is 6.33. The lowest BCUT2D eigenvalue weighted by molar-refractivity contribution is -0.142. The average Bonchev–Trinajstić information content (AvgIpc) is 2.70. The Hall–Kier alpha value is -1.57. The first-order valence-electron chi connectivity index (χ1n) is 7.04. The molecular weight excluding hydrogens is 299 g/mol. The summed E-state index contributed by atoms with van der Waals surface area (Å²) in [6, 6.07) is 0. The largest absolute Gasteiger partial charge is 0.435 e. The molecule has 0 aliphatic carbocycles. The summed E-state index contributed by atoms with van der Waals surface area (Å²) in [4.78, 5) is 11.7. The highest BCUT2D eigenvalue weighted by Gasteiger charge is 2.37. The van der Waals surface area contributed by atoms with Gasteiger partial charge in [0, 0.05) is 24.9 Å². The number of nitrogens with zero attached hydrogens (tertiary/aromatic N) is 2. The Balaban J connectivity index is 2.67. The zero-order valence-corrected chi connectivity index (χ0v) is 13.0. The van der Waals surface area contributed by atoms with Crippen LogP contribution in [0.15, 0.2) is 6.20 Å². The van der Waals surface area contributed by atoms with Crippen LogP contribution in [-0.2, 0) is 23.9 Å². The van der Waals surface area contributed by atoms with Crippen molar-refractivity contribution in [2.75, 3.05) is 13.2 Å². The summed E-state index contributed by atoms with van der Waals surface area (Å²) < 4.78 is 39.4. The van der Waals surface area contributed by atoms with Crippen molar-refractivity contribution in [1.29, 1.82) is 0 Å². The van der Waals surface area contributed by atoms with E-state index in [9.17, 15) is 18.0 Å². The molecule has 1 heterocycles. The molecular formula is C14H22F3N3O2. The van der Waals surface area contributed by atoms with Crippen LogP contribution in [0.25, 0.3) is 0 Å². The van der Waals surface area contributed by atoms with E-state index in [1.165, 1.54) is 0 Å². The van der Waals surface area contributed by atoms with Gasteiger partial charge in [-0.3, -0.25) is 9.48 Å².